The zero-order valence-electron chi connectivity index (χ0n) is 11.5. The van der Waals surface area contributed by atoms with Gasteiger partial charge in [-0.3, -0.25) is 4.79 Å². The fourth-order valence-electron chi connectivity index (χ4n) is 4.27. The van der Waals surface area contributed by atoms with Crippen molar-refractivity contribution in [1.29, 1.82) is 0 Å². The topological polar surface area (TPSA) is 41.1 Å². The van der Waals surface area contributed by atoms with E-state index in [0.29, 0.717) is 17.7 Å². The molecule has 2 aliphatic carbocycles. The molecule has 3 rings (SSSR count). The summed E-state index contributed by atoms with van der Waals surface area (Å²) >= 11 is 0. The zero-order chi connectivity index (χ0) is 12.6. The van der Waals surface area contributed by atoms with Gasteiger partial charge >= 0.3 is 0 Å². The number of piperidine rings is 1. The standard InChI is InChI=1S/C15H26N2O/c1-15(5-2-6-16-9-15)10-17-14(18)13-8-11-3-4-12(13)7-11/h11-13,16H,2-10H2,1H3,(H,17,18). The van der Waals surface area contributed by atoms with Crippen molar-refractivity contribution >= 4 is 5.91 Å². The van der Waals surface area contributed by atoms with Gasteiger partial charge in [0.1, 0.15) is 0 Å². The van der Waals surface area contributed by atoms with Gasteiger partial charge in [0.2, 0.25) is 5.91 Å². The third-order valence-corrected chi connectivity index (χ3v) is 5.45. The van der Waals surface area contributed by atoms with Crippen LogP contribution in [0.5, 0.6) is 0 Å². The Morgan fingerprint density at radius 2 is 2.28 bits per heavy atom. The lowest BCUT2D eigenvalue weighted by Crippen LogP contribution is -2.47. The lowest BCUT2D eigenvalue weighted by atomic mass is 9.82. The van der Waals surface area contributed by atoms with E-state index in [1.54, 1.807) is 0 Å². The molecule has 0 radical (unpaired) electrons. The molecule has 1 saturated heterocycles. The number of rotatable bonds is 3. The highest BCUT2D eigenvalue weighted by atomic mass is 16.1. The summed E-state index contributed by atoms with van der Waals surface area (Å²) < 4.78 is 0. The van der Waals surface area contributed by atoms with Gasteiger partial charge in [0.25, 0.3) is 0 Å². The van der Waals surface area contributed by atoms with Gasteiger partial charge in [-0.15, -0.1) is 0 Å². The quantitative estimate of drug-likeness (QED) is 0.803. The van der Waals surface area contributed by atoms with Crippen LogP contribution in [-0.2, 0) is 4.79 Å². The maximum absolute atomic E-state index is 12.3. The van der Waals surface area contributed by atoms with Gasteiger partial charge in [-0.05, 0) is 55.9 Å². The average molecular weight is 250 g/mol. The van der Waals surface area contributed by atoms with Crippen LogP contribution in [0.15, 0.2) is 0 Å². The molecule has 1 amide bonds. The van der Waals surface area contributed by atoms with Gasteiger partial charge < -0.3 is 10.6 Å². The molecule has 2 saturated carbocycles. The molecule has 2 N–H and O–H groups in total. The molecule has 3 nitrogen and oxygen atoms in total. The van der Waals surface area contributed by atoms with E-state index in [2.05, 4.69) is 17.6 Å². The van der Waals surface area contributed by atoms with Crippen molar-refractivity contribution in [2.75, 3.05) is 19.6 Å². The number of hydrogen-bond donors (Lipinski definition) is 2. The van der Waals surface area contributed by atoms with Crippen LogP contribution in [0.2, 0.25) is 0 Å². The lowest BCUT2D eigenvalue weighted by Gasteiger charge is -2.35. The van der Waals surface area contributed by atoms with Crippen LogP contribution >= 0.6 is 0 Å². The Hall–Kier alpha value is -0.570. The maximum atomic E-state index is 12.3. The third kappa shape index (κ3) is 2.42. The number of fused-ring (bicyclic) bond motifs is 2. The lowest BCUT2D eigenvalue weighted by molar-refractivity contribution is -0.127. The molecular weight excluding hydrogens is 224 g/mol. The molecule has 0 aromatic rings. The number of nitrogens with one attached hydrogen (secondary N) is 2. The number of hydrogen-bond acceptors (Lipinski definition) is 2. The van der Waals surface area contributed by atoms with Crippen LogP contribution in [0.4, 0.5) is 0 Å². The molecule has 18 heavy (non-hydrogen) atoms. The molecular formula is C15H26N2O. The Balaban J connectivity index is 1.49. The van der Waals surface area contributed by atoms with Crippen LogP contribution in [0.25, 0.3) is 0 Å². The van der Waals surface area contributed by atoms with E-state index in [0.717, 1.165) is 32.0 Å². The summed E-state index contributed by atoms with van der Waals surface area (Å²) in [4.78, 5) is 12.3. The molecule has 2 bridgehead atoms. The van der Waals surface area contributed by atoms with Crippen LogP contribution < -0.4 is 10.6 Å². The Kier molecular flexibility index (Phi) is 3.35. The highest BCUT2D eigenvalue weighted by molar-refractivity contribution is 5.79. The summed E-state index contributed by atoms with van der Waals surface area (Å²) in [6.45, 7) is 5.33. The third-order valence-electron chi connectivity index (χ3n) is 5.45. The summed E-state index contributed by atoms with van der Waals surface area (Å²) in [7, 11) is 0. The second kappa shape index (κ2) is 4.84. The molecule has 0 spiro atoms. The maximum Gasteiger partial charge on any atom is 0.223 e. The van der Waals surface area contributed by atoms with E-state index >= 15 is 0 Å². The van der Waals surface area contributed by atoms with Gasteiger partial charge in [0.05, 0.1) is 0 Å². The molecule has 3 heteroatoms. The van der Waals surface area contributed by atoms with Gasteiger partial charge in [0, 0.05) is 19.0 Å². The predicted molar refractivity (Wildman–Crippen MR) is 72.2 cm³/mol. The zero-order valence-corrected chi connectivity index (χ0v) is 11.5. The summed E-state index contributed by atoms with van der Waals surface area (Å²) in [6, 6.07) is 0. The van der Waals surface area contributed by atoms with Crippen molar-refractivity contribution in [3.8, 4) is 0 Å². The summed E-state index contributed by atoms with van der Waals surface area (Å²) in [5.74, 6) is 2.24. The van der Waals surface area contributed by atoms with Crippen molar-refractivity contribution < 1.29 is 4.79 Å². The average Bonchev–Trinajstić information content (AvgIpc) is 2.99. The van der Waals surface area contributed by atoms with E-state index in [4.69, 9.17) is 0 Å². The normalized spacial score (nSPS) is 43.1. The monoisotopic (exact) mass is 250 g/mol. The highest BCUT2D eigenvalue weighted by Gasteiger charge is 2.43. The molecule has 102 valence electrons. The van der Waals surface area contributed by atoms with Crippen LogP contribution in [0.3, 0.4) is 0 Å². The summed E-state index contributed by atoms with van der Waals surface area (Å²) in [5.41, 5.74) is 0.269. The first-order valence-electron chi connectivity index (χ1n) is 7.65. The first-order chi connectivity index (χ1) is 8.66. The fraction of sp³-hybridized carbons (Fsp3) is 0.933. The smallest absolute Gasteiger partial charge is 0.223 e. The van der Waals surface area contributed by atoms with E-state index in [-0.39, 0.29) is 5.41 Å². The van der Waals surface area contributed by atoms with Crippen LogP contribution in [-0.4, -0.2) is 25.5 Å². The molecule has 4 unspecified atom stereocenters. The van der Waals surface area contributed by atoms with Crippen LogP contribution in [0, 0.1) is 23.2 Å². The highest BCUT2D eigenvalue weighted by Crippen LogP contribution is 2.48. The first kappa shape index (κ1) is 12.5. The number of carbonyl (C=O) groups excluding carboxylic acids is 1. The largest absolute Gasteiger partial charge is 0.355 e. The van der Waals surface area contributed by atoms with E-state index in [1.165, 1.54) is 32.1 Å². The first-order valence-corrected chi connectivity index (χ1v) is 7.65. The molecule has 3 fully saturated rings. The van der Waals surface area contributed by atoms with Crippen molar-refractivity contribution in [3.05, 3.63) is 0 Å². The summed E-state index contributed by atoms with van der Waals surface area (Å²) in [6.07, 6.45) is 7.61. The summed E-state index contributed by atoms with van der Waals surface area (Å²) in [5, 5.41) is 6.69. The Bertz CT molecular complexity index is 322. The van der Waals surface area contributed by atoms with Gasteiger partial charge in [-0.1, -0.05) is 13.3 Å². The molecule has 0 aromatic carbocycles. The predicted octanol–water partition coefficient (Wildman–Crippen LogP) is 1.93. The van der Waals surface area contributed by atoms with Gasteiger partial charge in [-0.2, -0.15) is 0 Å². The van der Waals surface area contributed by atoms with Crippen molar-refractivity contribution in [1.82, 2.24) is 10.6 Å². The molecule has 1 aliphatic heterocycles. The van der Waals surface area contributed by atoms with Crippen molar-refractivity contribution in [2.24, 2.45) is 23.2 Å². The van der Waals surface area contributed by atoms with E-state index in [9.17, 15) is 4.79 Å². The Morgan fingerprint density at radius 3 is 2.89 bits per heavy atom. The SMILES string of the molecule is CC1(CNC(=O)C2CC3CCC2C3)CCCNC1. The Morgan fingerprint density at radius 1 is 1.39 bits per heavy atom. The van der Waals surface area contributed by atoms with Crippen molar-refractivity contribution in [3.63, 3.8) is 0 Å². The molecule has 3 aliphatic rings. The number of carbonyl (C=O) groups is 1. The number of amides is 1. The van der Waals surface area contributed by atoms with E-state index < -0.39 is 0 Å². The minimum Gasteiger partial charge on any atom is -0.355 e. The molecule has 0 aromatic heterocycles. The molecule has 4 atom stereocenters. The van der Waals surface area contributed by atoms with Crippen LogP contribution in [0.1, 0.15) is 45.4 Å². The van der Waals surface area contributed by atoms with Gasteiger partial charge in [0.15, 0.2) is 0 Å². The molecule has 1 heterocycles. The van der Waals surface area contributed by atoms with Crippen molar-refractivity contribution in [2.45, 2.75) is 45.4 Å². The fourth-order valence-corrected chi connectivity index (χ4v) is 4.27. The minimum absolute atomic E-state index is 0.269. The van der Waals surface area contributed by atoms with E-state index in [1.807, 2.05) is 0 Å². The second-order valence-electron chi connectivity index (χ2n) is 7.09. The minimum atomic E-state index is 0.269. The Labute approximate surface area is 110 Å². The van der Waals surface area contributed by atoms with Gasteiger partial charge in [-0.25, -0.2) is 0 Å². The second-order valence-corrected chi connectivity index (χ2v) is 7.09.